The third kappa shape index (κ3) is 2.82. The van der Waals surface area contributed by atoms with E-state index >= 15 is 0 Å². The fourth-order valence-electron chi connectivity index (χ4n) is 1.53. The van der Waals surface area contributed by atoms with Crippen molar-refractivity contribution in [2.24, 2.45) is 0 Å². The minimum Gasteiger partial charge on any atom is -0.493 e. The molecule has 1 aromatic carbocycles. The van der Waals surface area contributed by atoms with Crippen LogP contribution in [0.25, 0.3) is 0 Å². The van der Waals surface area contributed by atoms with E-state index in [1.807, 2.05) is 0 Å². The lowest BCUT2D eigenvalue weighted by atomic mass is 10.2. The molecule has 0 radical (unpaired) electrons. The maximum Gasteiger partial charge on any atom is 0.280 e. The molecule has 0 saturated heterocycles. The first-order chi connectivity index (χ1) is 9.17. The molecule has 2 rings (SSSR count). The van der Waals surface area contributed by atoms with Gasteiger partial charge in [0.25, 0.3) is 5.19 Å². The van der Waals surface area contributed by atoms with Crippen LogP contribution in [0.2, 0.25) is 0 Å². The molecule has 0 aliphatic rings. The molecule has 6 nitrogen and oxygen atoms in total. The second-order valence-corrected chi connectivity index (χ2v) is 4.52. The van der Waals surface area contributed by atoms with Crippen LogP contribution in [0.3, 0.4) is 0 Å². The summed E-state index contributed by atoms with van der Waals surface area (Å²) < 4.78 is 21.3. The third-order valence-corrected chi connectivity index (χ3v) is 3.05. The predicted molar refractivity (Wildman–Crippen MR) is 72.7 cm³/mol. The van der Waals surface area contributed by atoms with Crippen molar-refractivity contribution >= 4 is 16.3 Å². The summed E-state index contributed by atoms with van der Waals surface area (Å²) in [5.41, 5.74) is 5.60. The van der Waals surface area contributed by atoms with Crippen LogP contribution in [0, 0.1) is 0 Å². The van der Waals surface area contributed by atoms with Crippen LogP contribution in [0.5, 0.6) is 28.2 Å². The van der Waals surface area contributed by atoms with Crippen molar-refractivity contribution in [2.45, 2.75) is 0 Å². The maximum absolute atomic E-state index is 5.60. The van der Waals surface area contributed by atoms with E-state index in [4.69, 9.17) is 24.7 Å². The zero-order valence-electron chi connectivity index (χ0n) is 10.8. The number of methoxy groups -OCH3 is 3. The first kappa shape index (κ1) is 13.3. The summed E-state index contributed by atoms with van der Waals surface area (Å²) in [5.74, 6) is 2.07. The van der Waals surface area contributed by atoms with Crippen LogP contribution >= 0.6 is 11.3 Å². The molecule has 0 bridgehead atoms. The van der Waals surface area contributed by atoms with E-state index in [-0.39, 0.29) is 0 Å². The Morgan fingerprint density at radius 3 is 2.11 bits per heavy atom. The highest BCUT2D eigenvalue weighted by Gasteiger charge is 2.15. The Bertz CT molecular complexity index is 546. The average Bonchev–Trinajstić information content (AvgIpc) is 2.82. The molecule has 0 aliphatic heterocycles. The van der Waals surface area contributed by atoms with Crippen molar-refractivity contribution in [3.63, 3.8) is 0 Å². The van der Waals surface area contributed by atoms with Crippen LogP contribution in [-0.4, -0.2) is 26.3 Å². The van der Waals surface area contributed by atoms with E-state index in [9.17, 15) is 0 Å². The molecule has 7 heteroatoms. The highest BCUT2D eigenvalue weighted by atomic mass is 32.1. The van der Waals surface area contributed by atoms with Crippen molar-refractivity contribution in [2.75, 3.05) is 27.1 Å². The summed E-state index contributed by atoms with van der Waals surface area (Å²) in [6.07, 6.45) is 1.54. The molecule has 2 aromatic rings. The predicted octanol–water partition coefficient (Wildman–Crippen LogP) is 2.54. The Labute approximate surface area is 114 Å². The molecule has 0 atom stereocenters. The van der Waals surface area contributed by atoms with Crippen LogP contribution in [0.15, 0.2) is 18.3 Å². The number of anilines is 1. The number of thiazole rings is 1. The fraction of sp³-hybridized carbons (Fsp3) is 0.250. The van der Waals surface area contributed by atoms with Crippen LogP contribution in [0.1, 0.15) is 0 Å². The second kappa shape index (κ2) is 5.66. The van der Waals surface area contributed by atoms with Gasteiger partial charge in [0.1, 0.15) is 10.8 Å². The van der Waals surface area contributed by atoms with Gasteiger partial charge >= 0.3 is 0 Å². The Kier molecular flexibility index (Phi) is 3.96. The molecule has 19 heavy (non-hydrogen) atoms. The van der Waals surface area contributed by atoms with E-state index in [1.54, 1.807) is 33.5 Å². The van der Waals surface area contributed by atoms with Gasteiger partial charge in [-0.15, -0.1) is 0 Å². The van der Waals surface area contributed by atoms with Crippen molar-refractivity contribution in [1.29, 1.82) is 0 Å². The van der Waals surface area contributed by atoms with Gasteiger partial charge in [-0.25, -0.2) is 4.98 Å². The normalized spacial score (nSPS) is 10.1. The minimum atomic E-state index is 0.451. The van der Waals surface area contributed by atoms with Crippen molar-refractivity contribution in [3.8, 4) is 28.2 Å². The van der Waals surface area contributed by atoms with E-state index in [1.165, 1.54) is 17.5 Å². The number of nitrogens with two attached hydrogens (primary N) is 1. The number of nitrogens with zero attached hydrogens (tertiary/aromatic N) is 1. The summed E-state index contributed by atoms with van der Waals surface area (Å²) in [5, 5.41) is 1.04. The zero-order chi connectivity index (χ0) is 13.8. The van der Waals surface area contributed by atoms with E-state index in [0.29, 0.717) is 33.2 Å². The number of aromatic nitrogens is 1. The highest BCUT2D eigenvalue weighted by Crippen LogP contribution is 2.42. The zero-order valence-corrected chi connectivity index (χ0v) is 11.6. The lowest BCUT2D eigenvalue weighted by molar-refractivity contribution is 0.321. The average molecular weight is 282 g/mol. The summed E-state index contributed by atoms with van der Waals surface area (Å²) >= 11 is 1.25. The third-order valence-electron chi connectivity index (χ3n) is 2.35. The molecule has 0 saturated carbocycles. The van der Waals surface area contributed by atoms with Gasteiger partial charge in [0.2, 0.25) is 5.75 Å². The summed E-state index contributed by atoms with van der Waals surface area (Å²) in [7, 11) is 4.63. The summed E-state index contributed by atoms with van der Waals surface area (Å²) in [4.78, 5) is 4.02. The number of rotatable bonds is 5. The molecule has 0 spiro atoms. The number of hydrogen-bond acceptors (Lipinski definition) is 7. The SMILES string of the molecule is COc1cc(Oc2ncc(N)s2)cc(OC)c1OC. The van der Waals surface area contributed by atoms with Gasteiger partial charge in [-0.05, 0) is 0 Å². The Balaban J connectivity index is 2.35. The first-order valence-electron chi connectivity index (χ1n) is 5.37. The number of nitrogen functional groups attached to an aromatic ring is 1. The van der Waals surface area contributed by atoms with Crippen LogP contribution < -0.4 is 24.7 Å². The number of benzene rings is 1. The molecule has 0 aliphatic carbocycles. The quantitative estimate of drug-likeness (QED) is 0.908. The van der Waals surface area contributed by atoms with Gasteiger partial charge in [-0.3, -0.25) is 0 Å². The second-order valence-electron chi connectivity index (χ2n) is 3.49. The smallest absolute Gasteiger partial charge is 0.280 e. The Morgan fingerprint density at radius 2 is 1.68 bits per heavy atom. The topological polar surface area (TPSA) is 75.8 Å². The molecule has 102 valence electrons. The molecule has 2 N–H and O–H groups in total. The van der Waals surface area contributed by atoms with Gasteiger partial charge in [0.15, 0.2) is 11.5 Å². The first-order valence-corrected chi connectivity index (χ1v) is 6.18. The molecule has 0 fully saturated rings. The molecular weight excluding hydrogens is 268 g/mol. The molecular formula is C12H14N2O4S. The van der Waals surface area contributed by atoms with Crippen LogP contribution in [0.4, 0.5) is 5.00 Å². The monoisotopic (exact) mass is 282 g/mol. The summed E-state index contributed by atoms with van der Waals surface area (Å²) in [6.45, 7) is 0. The molecule has 0 unspecified atom stereocenters. The molecule has 1 heterocycles. The van der Waals surface area contributed by atoms with E-state index in [0.717, 1.165) is 0 Å². The largest absolute Gasteiger partial charge is 0.493 e. The van der Waals surface area contributed by atoms with Crippen molar-refractivity contribution in [1.82, 2.24) is 4.98 Å². The van der Waals surface area contributed by atoms with Gasteiger partial charge in [0.05, 0.1) is 27.5 Å². The highest BCUT2D eigenvalue weighted by molar-refractivity contribution is 7.17. The standard InChI is InChI=1S/C12H14N2O4S/c1-15-8-4-7(5-9(16-2)11(8)17-3)18-12-14-6-10(13)19-12/h4-6H,13H2,1-3H3. The fourth-order valence-corrected chi connectivity index (χ4v) is 2.08. The number of hydrogen-bond donors (Lipinski definition) is 1. The molecule has 1 aromatic heterocycles. The maximum atomic E-state index is 5.60. The Morgan fingerprint density at radius 1 is 1.05 bits per heavy atom. The minimum absolute atomic E-state index is 0.451. The number of ether oxygens (including phenoxy) is 4. The molecule has 0 amide bonds. The Hall–Kier alpha value is -2.15. The van der Waals surface area contributed by atoms with Crippen molar-refractivity contribution in [3.05, 3.63) is 18.3 Å². The van der Waals surface area contributed by atoms with E-state index in [2.05, 4.69) is 4.98 Å². The lowest BCUT2D eigenvalue weighted by Gasteiger charge is -2.13. The van der Waals surface area contributed by atoms with Gasteiger partial charge in [-0.2, -0.15) is 0 Å². The summed E-state index contributed by atoms with van der Waals surface area (Å²) in [6, 6.07) is 3.39. The van der Waals surface area contributed by atoms with E-state index < -0.39 is 0 Å². The van der Waals surface area contributed by atoms with Crippen molar-refractivity contribution < 1.29 is 18.9 Å². The van der Waals surface area contributed by atoms with Gasteiger partial charge < -0.3 is 24.7 Å². The van der Waals surface area contributed by atoms with Crippen LogP contribution in [-0.2, 0) is 0 Å². The van der Waals surface area contributed by atoms with Gasteiger partial charge in [-0.1, -0.05) is 11.3 Å². The lowest BCUT2D eigenvalue weighted by Crippen LogP contribution is -1.96. The van der Waals surface area contributed by atoms with Gasteiger partial charge in [0, 0.05) is 12.1 Å².